The highest BCUT2D eigenvalue weighted by atomic mass is 127. The second-order valence-corrected chi connectivity index (χ2v) is 5.40. The Labute approximate surface area is 100 Å². The Morgan fingerprint density at radius 2 is 2.07 bits per heavy atom. The first-order valence-electron chi connectivity index (χ1n) is 4.22. The average molecular weight is 323 g/mol. The molecule has 1 aliphatic rings. The molecule has 2 nitrogen and oxygen atoms in total. The van der Waals surface area contributed by atoms with Gasteiger partial charge in [-0.05, 0) is 46.7 Å². The predicted molar refractivity (Wildman–Crippen MR) is 62.7 cm³/mol. The monoisotopic (exact) mass is 322 g/mol. The third-order valence-corrected chi connectivity index (χ3v) is 3.82. The van der Waals surface area contributed by atoms with Gasteiger partial charge in [0.25, 0.3) is 0 Å². The molecule has 2 unspecified atom stereocenters. The fraction of sp³-hybridized carbons (Fsp3) is 0.300. The molecule has 0 heterocycles. The van der Waals surface area contributed by atoms with Gasteiger partial charge in [-0.15, -0.1) is 11.6 Å². The number of benzene rings is 1. The lowest BCUT2D eigenvalue weighted by atomic mass is 10.1. The summed E-state index contributed by atoms with van der Waals surface area (Å²) in [6.07, 6.45) is 0.532. The van der Waals surface area contributed by atoms with Crippen LogP contribution in [0.25, 0.3) is 0 Å². The van der Waals surface area contributed by atoms with E-state index in [9.17, 15) is 4.79 Å². The SMILES string of the molecule is O=C(O)C1(Cl)CC1c1ccc(I)cc1. The van der Waals surface area contributed by atoms with Crippen molar-refractivity contribution in [1.29, 1.82) is 0 Å². The van der Waals surface area contributed by atoms with Gasteiger partial charge >= 0.3 is 5.97 Å². The molecule has 0 spiro atoms. The standard InChI is InChI=1S/C10H8ClIO2/c11-10(9(13)14)5-8(10)6-1-3-7(12)4-2-6/h1-4,8H,5H2,(H,13,14). The van der Waals surface area contributed by atoms with Crippen molar-refractivity contribution in [3.8, 4) is 0 Å². The number of rotatable bonds is 2. The van der Waals surface area contributed by atoms with Gasteiger partial charge in [0.05, 0.1) is 0 Å². The predicted octanol–water partition coefficient (Wildman–Crippen LogP) is 2.84. The van der Waals surface area contributed by atoms with E-state index in [0.717, 1.165) is 9.13 Å². The van der Waals surface area contributed by atoms with E-state index < -0.39 is 10.8 Å². The molecule has 0 aromatic heterocycles. The van der Waals surface area contributed by atoms with E-state index in [4.69, 9.17) is 16.7 Å². The molecule has 2 rings (SSSR count). The van der Waals surface area contributed by atoms with E-state index in [-0.39, 0.29) is 5.92 Å². The summed E-state index contributed by atoms with van der Waals surface area (Å²) in [5.41, 5.74) is 1.02. The largest absolute Gasteiger partial charge is 0.480 e. The highest BCUT2D eigenvalue weighted by molar-refractivity contribution is 14.1. The van der Waals surface area contributed by atoms with Crippen LogP contribution in [0, 0.1) is 3.57 Å². The summed E-state index contributed by atoms with van der Waals surface area (Å²) in [6.45, 7) is 0. The van der Waals surface area contributed by atoms with Gasteiger partial charge < -0.3 is 5.11 Å². The number of carbonyl (C=O) groups is 1. The lowest BCUT2D eigenvalue weighted by Crippen LogP contribution is -2.16. The van der Waals surface area contributed by atoms with Gasteiger partial charge in [0.15, 0.2) is 0 Å². The molecular weight excluding hydrogens is 314 g/mol. The minimum atomic E-state index is -1.05. The van der Waals surface area contributed by atoms with Gasteiger partial charge in [-0.2, -0.15) is 0 Å². The van der Waals surface area contributed by atoms with Gasteiger partial charge in [-0.3, -0.25) is 4.79 Å². The molecule has 2 atom stereocenters. The molecule has 1 aromatic carbocycles. The van der Waals surface area contributed by atoms with Crippen LogP contribution in [-0.2, 0) is 4.79 Å². The Kier molecular flexibility index (Phi) is 2.47. The van der Waals surface area contributed by atoms with Crippen LogP contribution in [0.3, 0.4) is 0 Å². The number of aliphatic carboxylic acids is 1. The Morgan fingerprint density at radius 1 is 1.50 bits per heavy atom. The van der Waals surface area contributed by atoms with Crippen LogP contribution >= 0.6 is 34.2 Å². The summed E-state index contributed by atoms with van der Waals surface area (Å²) < 4.78 is 1.14. The quantitative estimate of drug-likeness (QED) is 0.671. The summed E-state index contributed by atoms with van der Waals surface area (Å²) in [4.78, 5) is 9.75. The minimum absolute atomic E-state index is 0.0290. The lowest BCUT2D eigenvalue weighted by Gasteiger charge is -2.03. The molecular formula is C10H8ClIO2. The maximum absolute atomic E-state index is 10.8. The van der Waals surface area contributed by atoms with E-state index in [1.54, 1.807) is 0 Å². The van der Waals surface area contributed by atoms with Crippen LogP contribution in [0.5, 0.6) is 0 Å². The highest BCUT2D eigenvalue weighted by Gasteiger charge is 2.60. The fourth-order valence-electron chi connectivity index (χ4n) is 1.55. The molecule has 1 N–H and O–H groups in total. The normalized spacial score (nSPS) is 30.0. The maximum atomic E-state index is 10.8. The van der Waals surface area contributed by atoms with E-state index in [2.05, 4.69) is 22.6 Å². The third-order valence-electron chi connectivity index (χ3n) is 2.52. The molecule has 74 valence electrons. The zero-order valence-electron chi connectivity index (χ0n) is 7.21. The van der Waals surface area contributed by atoms with Crippen molar-refractivity contribution in [3.63, 3.8) is 0 Å². The average Bonchev–Trinajstić information content (AvgIpc) is 2.81. The molecule has 1 saturated carbocycles. The Hall–Kier alpha value is -0.290. The zero-order valence-corrected chi connectivity index (χ0v) is 10.1. The first-order chi connectivity index (χ1) is 6.54. The van der Waals surface area contributed by atoms with Crippen molar-refractivity contribution in [2.45, 2.75) is 17.2 Å². The molecule has 0 aliphatic heterocycles. The molecule has 1 fully saturated rings. The van der Waals surface area contributed by atoms with Gasteiger partial charge in [0, 0.05) is 9.49 Å². The zero-order chi connectivity index (χ0) is 10.3. The minimum Gasteiger partial charge on any atom is -0.480 e. The molecule has 4 heteroatoms. The molecule has 1 aliphatic carbocycles. The molecule has 0 saturated heterocycles. The van der Waals surface area contributed by atoms with Crippen LogP contribution in [0.1, 0.15) is 17.9 Å². The Morgan fingerprint density at radius 3 is 2.50 bits per heavy atom. The van der Waals surface area contributed by atoms with Crippen LogP contribution < -0.4 is 0 Å². The second kappa shape index (κ2) is 3.38. The van der Waals surface area contributed by atoms with Crippen molar-refractivity contribution >= 4 is 40.2 Å². The summed E-state index contributed by atoms with van der Waals surface area (Å²) in [5.74, 6) is -0.943. The second-order valence-electron chi connectivity index (χ2n) is 3.48. The van der Waals surface area contributed by atoms with Crippen molar-refractivity contribution in [1.82, 2.24) is 0 Å². The van der Waals surface area contributed by atoms with Gasteiger partial charge in [-0.25, -0.2) is 0 Å². The summed E-state index contributed by atoms with van der Waals surface area (Å²) in [5, 5.41) is 8.87. The maximum Gasteiger partial charge on any atom is 0.325 e. The van der Waals surface area contributed by atoms with Crippen molar-refractivity contribution in [3.05, 3.63) is 33.4 Å². The van der Waals surface area contributed by atoms with Gasteiger partial charge in [0.1, 0.15) is 4.87 Å². The topological polar surface area (TPSA) is 37.3 Å². The molecule has 0 radical (unpaired) electrons. The number of alkyl halides is 1. The smallest absolute Gasteiger partial charge is 0.325 e. The number of hydrogen-bond acceptors (Lipinski definition) is 1. The van der Waals surface area contributed by atoms with E-state index in [0.29, 0.717) is 6.42 Å². The van der Waals surface area contributed by atoms with Crippen LogP contribution in [-0.4, -0.2) is 16.0 Å². The van der Waals surface area contributed by atoms with E-state index in [1.807, 2.05) is 24.3 Å². The van der Waals surface area contributed by atoms with Gasteiger partial charge in [-0.1, -0.05) is 12.1 Å². The Balaban J connectivity index is 2.21. The van der Waals surface area contributed by atoms with E-state index >= 15 is 0 Å². The number of carboxylic acids is 1. The first-order valence-corrected chi connectivity index (χ1v) is 5.67. The van der Waals surface area contributed by atoms with Crippen LogP contribution in [0.15, 0.2) is 24.3 Å². The summed E-state index contributed by atoms with van der Waals surface area (Å²) in [7, 11) is 0. The molecule has 0 bridgehead atoms. The molecule has 0 amide bonds. The van der Waals surface area contributed by atoms with Crippen molar-refractivity contribution < 1.29 is 9.90 Å². The third kappa shape index (κ3) is 1.63. The summed E-state index contributed by atoms with van der Waals surface area (Å²) in [6, 6.07) is 7.82. The first kappa shape index (κ1) is 10.2. The number of halogens is 2. The van der Waals surface area contributed by atoms with Crippen molar-refractivity contribution in [2.75, 3.05) is 0 Å². The number of carboxylic acid groups (broad SMARTS) is 1. The van der Waals surface area contributed by atoms with E-state index in [1.165, 1.54) is 0 Å². The fourth-order valence-corrected chi connectivity index (χ4v) is 2.19. The molecule has 1 aromatic rings. The summed E-state index contributed by atoms with van der Waals surface area (Å²) >= 11 is 8.13. The van der Waals surface area contributed by atoms with Crippen molar-refractivity contribution in [2.24, 2.45) is 0 Å². The highest BCUT2D eigenvalue weighted by Crippen LogP contribution is 2.56. The molecule has 14 heavy (non-hydrogen) atoms. The lowest BCUT2D eigenvalue weighted by molar-refractivity contribution is -0.137. The number of hydrogen-bond donors (Lipinski definition) is 1. The van der Waals surface area contributed by atoms with Crippen LogP contribution in [0.2, 0.25) is 0 Å². The van der Waals surface area contributed by atoms with Crippen LogP contribution in [0.4, 0.5) is 0 Å². The Bertz CT molecular complexity index is 376. The van der Waals surface area contributed by atoms with Gasteiger partial charge in [0.2, 0.25) is 0 Å².